The minimum atomic E-state index is 0.679. The van der Waals surface area contributed by atoms with Crippen LogP contribution in [0.15, 0.2) is 46.2 Å². The molecule has 0 bridgehead atoms. The largest absolute Gasteiger partial charge is 0.399 e. The van der Waals surface area contributed by atoms with E-state index in [0.717, 1.165) is 15.5 Å². The summed E-state index contributed by atoms with van der Waals surface area (Å²) in [5.74, 6) is 0. The summed E-state index contributed by atoms with van der Waals surface area (Å²) in [6, 6.07) is 11.3. The summed E-state index contributed by atoms with van der Waals surface area (Å²) in [7, 11) is 0. The SMILES string of the molecule is Cc1ccc(N)cc1Sc1cc(Cl)ccc1Cl. The van der Waals surface area contributed by atoms with Crippen molar-refractivity contribution in [1.29, 1.82) is 0 Å². The molecule has 0 amide bonds. The average Bonchev–Trinajstić information content (AvgIpc) is 2.28. The standard InChI is InChI=1S/C13H11Cl2NS/c1-8-2-4-10(16)7-12(8)17-13-6-9(14)3-5-11(13)15/h2-7H,16H2,1H3. The van der Waals surface area contributed by atoms with E-state index < -0.39 is 0 Å². The molecule has 88 valence electrons. The van der Waals surface area contributed by atoms with E-state index in [0.29, 0.717) is 10.0 Å². The van der Waals surface area contributed by atoms with E-state index in [2.05, 4.69) is 0 Å². The van der Waals surface area contributed by atoms with Crippen molar-refractivity contribution < 1.29 is 0 Å². The van der Waals surface area contributed by atoms with Crippen molar-refractivity contribution in [2.45, 2.75) is 16.7 Å². The summed E-state index contributed by atoms with van der Waals surface area (Å²) in [5, 5.41) is 1.37. The van der Waals surface area contributed by atoms with Crippen LogP contribution in [0, 0.1) is 6.92 Å². The first kappa shape index (κ1) is 12.6. The number of rotatable bonds is 2. The lowest BCUT2D eigenvalue weighted by atomic mass is 10.2. The Hall–Kier alpha value is -0.830. The normalized spacial score (nSPS) is 10.5. The van der Waals surface area contributed by atoms with Gasteiger partial charge in [0.1, 0.15) is 0 Å². The molecule has 2 rings (SSSR count). The van der Waals surface area contributed by atoms with Crippen molar-refractivity contribution in [2.24, 2.45) is 0 Å². The second kappa shape index (κ2) is 5.21. The molecule has 0 aliphatic rings. The predicted octanol–water partition coefficient (Wildman–Crippen LogP) is 5.04. The van der Waals surface area contributed by atoms with Gasteiger partial charge < -0.3 is 5.73 Å². The van der Waals surface area contributed by atoms with Crippen molar-refractivity contribution >= 4 is 40.7 Å². The van der Waals surface area contributed by atoms with Crippen LogP contribution in [0.25, 0.3) is 0 Å². The molecule has 1 nitrogen and oxygen atoms in total. The van der Waals surface area contributed by atoms with Crippen molar-refractivity contribution in [2.75, 3.05) is 5.73 Å². The van der Waals surface area contributed by atoms with Crippen LogP contribution in [0.2, 0.25) is 10.0 Å². The Morgan fingerprint density at radius 2 is 1.76 bits per heavy atom. The van der Waals surface area contributed by atoms with E-state index in [1.807, 2.05) is 31.2 Å². The molecule has 0 unspecified atom stereocenters. The second-order valence-electron chi connectivity index (χ2n) is 3.70. The molecule has 4 heteroatoms. The molecule has 0 saturated carbocycles. The molecule has 0 spiro atoms. The van der Waals surface area contributed by atoms with Gasteiger partial charge in [-0.1, -0.05) is 41.0 Å². The van der Waals surface area contributed by atoms with Crippen LogP contribution in [0.4, 0.5) is 5.69 Å². The van der Waals surface area contributed by atoms with Gasteiger partial charge in [-0.3, -0.25) is 0 Å². The lowest BCUT2D eigenvalue weighted by molar-refractivity contribution is 1.29. The van der Waals surface area contributed by atoms with E-state index in [-0.39, 0.29) is 0 Å². The van der Waals surface area contributed by atoms with Crippen molar-refractivity contribution in [1.82, 2.24) is 0 Å². The predicted molar refractivity (Wildman–Crippen MR) is 76.2 cm³/mol. The number of benzene rings is 2. The zero-order valence-corrected chi connectivity index (χ0v) is 11.5. The number of aryl methyl sites for hydroxylation is 1. The number of anilines is 1. The van der Waals surface area contributed by atoms with Crippen LogP contribution in [0.1, 0.15) is 5.56 Å². The topological polar surface area (TPSA) is 26.0 Å². The maximum atomic E-state index is 6.13. The van der Waals surface area contributed by atoms with Crippen molar-refractivity contribution in [3.63, 3.8) is 0 Å². The third-order valence-electron chi connectivity index (χ3n) is 2.33. The smallest absolute Gasteiger partial charge is 0.0546 e. The zero-order valence-electron chi connectivity index (χ0n) is 9.21. The molecule has 0 radical (unpaired) electrons. The van der Waals surface area contributed by atoms with Gasteiger partial charge in [-0.15, -0.1) is 0 Å². The van der Waals surface area contributed by atoms with Crippen LogP contribution in [-0.4, -0.2) is 0 Å². The fourth-order valence-electron chi connectivity index (χ4n) is 1.40. The fourth-order valence-corrected chi connectivity index (χ4v) is 2.88. The lowest BCUT2D eigenvalue weighted by Crippen LogP contribution is -1.87. The number of halogens is 2. The molecule has 2 N–H and O–H groups in total. The molecule has 0 heterocycles. The summed E-state index contributed by atoms with van der Waals surface area (Å²) in [6.07, 6.45) is 0. The first-order chi connectivity index (χ1) is 8.06. The van der Waals surface area contributed by atoms with E-state index in [1.165, 1.54) is 5.56 Å². The van der Waals surface area contributed by atoms with E-state index in [1.54, 1.807) is 23.9 Å². The summed E-state index contributed by atoms with van der Waals surface area (Å²) in [6.45, 7) is 2.04. The fraction of sp³-hybridized carbons (Fsp3) is 0.0769. The maximum Gasteiger partial charge on any atom is 0.0546 e. The second-order valence-corrected chi connectivity index (χ2v) is 5.63. The van der Waals surface area contributed by atoms with Gasteiger partial charge >= 0.3 is 0 Å². The van der Waals surface area contributed by atoms with Crippen LogP contribution < -0.4 is 5.73 Å². The monoisotopic (exact) mass is 283 g/mol. The molecule has 0 saturated heterocycles. The minimum Gasteiger partial charge on any atom is -0.399 e. The molecular formula is C13H11Cl2NS. The van der Waals surface area contributed by atoms with Gasteiger partial charge in [0.15, 0.2) is 0 Å². The highest BCUT2D eigenvalue weighted by Gasteiger charge is 2.06. The van der Waals surface area contributed by atoms with Gasteiger partial charge in [0.05, 0.1) is 5.02 Å². The van der Waals surface area contributed by atoms with Gasteiger partial charge in [0, 0.05) is 20.5 Å². The van der Waals surface area contributed by atoms with Crippen LogP contribution in [-0.2, 0) is 0 Å². The lowest BCUT2D eigenvalue weighted by Gasteiger charge is -2.08. The molecule has 0 aromatic heterocycles. The van der Waals surface area contributed by atoms with E-state index in [9.17, 15) is 0 Å². The molecule has 2 aromatic carbocycles. The Morgan fingerprint density at radius 3 is 2.53 bits per heavy atom. The molecule has 0 aliphatic heterocycles. The van der Waals surface area contributed by atoms with Gasteiger partial charge in [-0.05, 0) is 42.8 Å². The highest BCUT2D eigenvalue weighted by Crippen LogP contribution is 2.37. The third kappa shape index (κ3) is 3.09. The van der Waals surface area contributed by atoms with Crippen LogP contribution >= 0.6 is 35.0 Å². The number of nitrogen functional groups attached to an aromatic ring is 1. The first-order valence-electron chi connectivity index (χ1n) is 5.05. The van der Waals surface area contributed by atoms with Crippen LogP contribution in [0.3, 0.4) is 0 Å². The Balaban J connectivity index is 2.37. The molecule has 0 atom stereocenters. The summed E-state index contributed by atoms with van der Waals surface area (Å²) in [4.78, 5) is 2.03. The van der Waals surface area contributed by atoms with Crippen LogP contribution in [0.5, 0.6) is 0 Å². The summed E-state index contributed by atoms with van der Waals surface area (Å²) >= 11 is 13.7. The third-order valence-corrected chi connectivity index (χ3v) is 4.22. The maximum absolute atomic E-state index is 6.13. The number of nitrogens with two attached hydrogens (primary N) is 1. The Kier molecular flexibility index (Phi) is 3.87. The molecule has 0 fully saturated rings. The van der Waals surface area contributed by atoms with Gasteiger partial charge in [0.2, 0.25) is 0 Å². The Morgan fingerprint density at radius 1 is 1.00 bits per heavy atom. The molecule has 17 heavy (non-hydrogen) atoms. The Labute approximate surface area is 115 Å². The Bertz CT molecular complexity index is 506. The molecule has 2 aromatic rings. The molecule has 0 aliphatic carbocycles. The average molecular weight is 284 g/mol. The van der Waals surface area contributed by atoms with Gasteiger partial charge in [-0.2, -0.15) is 0 Å². The number of hydrogen-bond donors (Lipinski definition) is 1. The van der Waals surface area contributed by atoms with Crippen molar-refractivity contribution in [3.05, 3.63) is 52.0 Å². The van der Waals surface area contributed by atoms with Gasteiger partial charge in [-0.25, -0.2) is 0 Å². The summed E-state index contributed by atoms with van der Waals surface area (Å²) < 4.78 is 0. The van der Waals surface area contributed by atoms with E-state index in [4.69, 9.17) is 28.9 Å². The molecular weight excluding hydrogens is 273 g/mol. The quantitative estimate of drug-likeness (QED) is 0.782. The summed E-state index contributed by atoms with van der Waals surface area (Å²) in [5.41, 5.74) is 7.69. The zero-order chi connectivity index (χ0) is 12.4. The van der Waals surface area contributed by atoms with E-state index >= 15 is 0 Å². The first-order valence-corrected chi connectivity index (χ1v) is 6.62. The highest BCUT2D eigenvalue weighted by molar-refractivity contribution is 7.99. The van der Waals surface area contributed by atoms with Crippen molar-refractivity contribution in [3.8, 4) is 0 Å². The number of hydrogen-bond acceptors (Lipinski definition) is 2. The highest BCUT2D eigenvalue weighted by atomic mass is 35.5. The van der Waals surface area contributed by atoms with Gasteiger partial charge in [0.25, 0.3) is 0 Å². The minimum absolute atomic E-state index is 0.679.